The number of hydrogen-bond acceptors (Lipinski definition) is 7. The SMILES string of the molecule is COc1ccc2[nH]c(=O)n3nc(-c4nnn[nH]4)nc3c2c1. The van der Waals surface area contributed by atoms with Gasteiger partial charge in [-0.1, -0.05) is 0 Å². The van der Waals surface area contributed by atoms with E-state index in [1.165, 1.54) is 4.52 Å². The van der Waals surface area contributed by atoms with E-state index >= 15 is 0 Å². The Morgan fingerprint density at radius 3 is 3.00 bits per heavy atom. The molecule has 3 heterocycles. The van der Waals surface area contributed by atoms with Gasteiger partial charge < -0.3 is 9.72 Å². The Kier molecular flexibility index (Phi) is 2.25. The van der Waals surface area contributed by atoms with E-state index in [0.717, 1.165) is 0 Å². The summed E-state index contributed by atoms with van der Waals surface area (Å²) in [5.41, 5.74) is 0.649. The molecule has 0 unspecified atom stereocenters. The Hall–Kier alpha value is -3.30. The molecule has 0 fully saturated rings. The molecule has 0 radical (unpaired) electrons. The first-order chi connectivity index (χ1) is 10.3. The van der Waals surface area contributed by atoms with Gasteiger partial charge in [0.25, 0.3) is 0 Å². The number of aromatic amines is 2. The zero-order chi connectivity index (χ0) is 14.4. The first-order valence-corrected chi connectivity index (χ1v) is 5.97. The highest BCUT2D eigenvalue weighted by Crippen LogP contribution is 2.22. The van der Waals surface area contributed by atoms with Crippen LogP contribution in [0.25, 0.3) is 28.2 Å². The third-order valence-electron chi connectivity index (χ3n) is 3.07. The van der Waals surface area contributed by atoms with Gasteiger partial charge in [0.05, 0.1) is 12.6 Å². The van der Waals surface area contributed by atoms with Gasteiger partial charge in [-0.05, 0) is 28.6 Å². The second kappa shape index (κ2) is 4.10. The zero-order valence-electron chi connectivity index (χ0n) is 10.7. The molecule has 0 amide bonds. The van der Waals surface area contributed by atoms with Crippen LogP contribution in [0.15, 0.2) is 23.0 Å². The minimum Gasteiger partial charge on any atom is -0.497 e. The average Bonchev–Trinajstić information content (AvgIpc) is 3.16. The minimum atomic E-state index is -0.395. The topological polar surface area (TPSA) is 127 Å². The van der Waals surface area contributed by atoms with Crippen LogP contribution < -0.4 is 10.4 Å². The number of benzene rings is 1. The maximum absolute atomic E-state index is 12.0. The van der Waals surface area contributed by atoms with Crippen molar-refractivity contribution in [2.24, 2.45) is 0 Å². The van der Waals surface area contributed by atoms with Crippen LogP contribution >= 0.6 is 0 Å². The van der Waals surface area contributed by atoms with Crippen LogP contribution in [0.1, 0.15) is 0 Å². The van der Waals surface area contributed by atoms with Crippen molar-refractivity contribution in [1.82, 2.24) is 40.2 Å². The quantitative estimate of drug-likeness (QED) is 0.520. The summed E-state index contributed by atoms with van der Waals surface area (Å²) in [6.45, 7) is 0. The molecule has 0 aliphatic rings. The molecule has 104 valence electrons. The molecule has 0 saturated heterocycles. The fourth-order valence-corrected chi connectivity index (χ4v) is 2.09. The van der Waals surface area contributed by atoms with E-state index in [2.05, 4.69) is 35.7 Å². The van der Waals surface area contributed by atoms with Gasteiger partial charge in [-0.25, -0.2) is 14.9 Å². The van der Waals surface area contributed by atoms with Crippen LogP contribution in [-0.4, -0.2) is 47.3 Å². The molecule has 21 heavy (non-hydrogen) atoms. The summed E-state index contributed by atoms with van der Waals surface area (Å²) in [6.07, 6.45) is 0. The number of H-pyrrole nitrogens is 2. The molecule has 3 aromatic heterocycles. The first-order valence-electron chi connectivity index (χ1n) is 5.97. The van der Waals surface area contributed by atoms with Gasteiger partial charge in [-0.3, -0.25) is 0 Å². The number of nitrogens with one attached hydrogen (secondary N) is 2. The van der Waals surface area contributed by atoms with Crippen molar-refractivity contribution in [2.75, 3.05) is 7.11 Å². The highest BCUT2D eigenvalue weighted by atomic mass is 16.5. The van der Waals surface area contributed by atoms with Crippen molar-refractivity contribution in [2.45, 2.75) is 0 Å². The number of ether oxygens (including phenoxy) is 1. The Morgan fingerprint density at radius 2 is 2.24 bits per heavy atom. The van der Waals surface area contributed by atoms with Crippen LogP contribution in [0.3, 0.4) is 0 Å². The normalized spacial score (nSPS) is 11.3. The van der Waals surface area contributed by atoms with Gasteiger partial charge >= 0.3 is 5.69 Å². The fraction of sp³-hybridized carbons (Fsp3) is 0.0909. The largest absolute Gasteiger partial charge is 0.497 e. The Labute approximate surface area is 115 Å². The molecule has 4 aromatic rings. The number of nitrogens with zero attached hydrogens (tertiary/aromatic N) is 6. The molecular formula is C11H8N8O2. The molecule has 0 aliphatic heterocycles. The third-order valence-corrected chi connectivity index (χ3v) is 3.07. The predicted octanol–water partition coefficient (Wildman–Crippen LogP) is -0.241. The van der Waals surface area contributed by atoms with E-state index in [1.54, 1.807) is 25.3 Å². The maximum atomic E-state index is 12.0. The van der Waals surface area contributed by atoms with Crippen molar-refractivity contribution in [3.63, 3.8) is 0 Å². The summed E-state index contributed by atoms with van der Waals surface area (Å²) >= 11 is 0. The van der Waals surface area contributed by atoms with Crippen LogP contribution in [-0.2, 0) is 0 Å². The molecule has 0 atom stereocenters. The van der Waals surface area contributed by atoms with Gasteiger partial charge in [0.1, 0.15) is 5.75 Å². The van der Waals surface area contributed by atoms with Crippen molar-refractivity contribution in [3.8, 4) is 17.4 Å². The van der Waals surface area contributed by atoms with Gasteiger partial charge in [-0.15, -0.1) is 10.2 Å². The van der Waals surface area contributed by atoms with Crippen molar-refractivity contribution in [1.29, 1.82) is 0 Å². The van der Waals surface area contributed by atoms with Gasteiger partial charge in [0, 0.05) is 5.39 Å². The van der Waals surface area contributed by atoms with E-state index in [4.69, 9.17) is 4.74 Å². The number of fused-ring (bicyclic) bond motifs is 3. The lowest BCUT2D eigenvalue weighted by Gasteiger charge is -2.02. The van der Waals surface area contributed by atoms with Crippen LogP contribution in [0, 0.1) is 0 Å². The summed E-state index contributed by atoms with van der Waals surface area (Å²) in [5, 5.41) is 18.0. The highest BCUT2D eigenvalue weighted by Gasteiger charge is 2.14. The monoisotopic (exact) mass is 284 g/mol. The molecule has 4 rings (SSSR count). The molecule has 0 spiro atoms. The minimum absolute atomic E-state index is 0.237. The molecule has 0 bridgehead atoms. The molecular weight excluding hydrogens is 276 g/mol. The lowest BCUT2D eigenvalue weighted by atomic mass is 10.2. The van der Waals surface area contributed by atoms with E-state index in [-0.39, 0.29) is 11.6 Å². The van der Waals surface area contributed by atoms with Crippen molar-refractivity contribution < 1.29 is 4.74 Å². The second-order valence-corrected chi connectivity index (χ2v) is 4.26. The standard InChI is InChI=1S/C11H8N8O2/c1-21-5-2-3-7-6(4-5)10-13-8(9-14-17-18-15-9)16-19(10)11(20)12-7/h2-4H,1H3,(H,12,20)(H,14,15,17,18). The lowest BCUT2D eigenvalue weighted by molar-refractivity contribution is 0.415. The Bertz CT molecular complexity index is 1000. The van der Waals surface area contributed by atoms with Gasteiger partial charge in [0.15, 0.2) is 5.65 Å². The number of hydrogen-bond donors (Lipinski definition) is 2. The zero-order valence-corrected chi connectivity index (χ0v) is 10.7. The Morgan fingerprint density at radius 1 is 1.33 bits per heavy atom. The van der Waals surface area contributed by atoms with Crippen molar-refractivity contribution >= 4 is 16.6 Å². The molecule has 1 aromatic carbocycles. The number of methoxy groups -OCH3 is 1. The van der Waals surface area contributed by atoms with E-state index < -0.39 is 5.69 Å². The summed E-state index contributed by atoms with van der Waals surface area (Å²) in [5.74, 6) is 1.18. The van der Waals surface area contributed by atoms with Crippen LogP contribution in [0.4, 0.5) is 0 Å². The molecule has 0 aliphatic carbocycles. The average molecular weight is 284 g/mol. The summed E-state index contributed by atoms with van der Waals surface area (Å²) < 4.78 is 6.36. The van der Waals surface area contributed by atoms with E-state index in [1.807, 2.05) is 0 Å². The van der Waals surface area contributed by atoms with E-state index in [0.29, 0.717) is 22.3 Å². The van der Waals surface area contributed by atoms with Crippen molar-refractivity contribution in [3.05, 3.63) is 28.7 Å². The fourth-order valence-electron chi connectivity index (χ4n) is 2.09. The second-order valence-electron chi connectivity index (χ2n) is 4.26. The molecule has 10 heteroatoms. The highest BCUT2D eigenvalue weighted by molar-refractivity contribution is 5.92. The molecule has 10 nitrogen and oxygen atoms in total. The number of tetrazole rings is 1. The summed E-state index contributed by atoms with van der Waals surface area (Å²) in [6, 6.07) is 5.28. The number of aromatic nitrogens is 8. The number of rotatable bonds is 2. The predicted molar refractivity (Wildman–Crippen MR) is 70.8 cm³/mol. The third kappa shape index (κ3) is 1.65. The summed E-state index contributed by atoms with van der Waals surface area (Å²) in [4.78, 5) is 19.1. The lowest BCUT2D eigenvalue weighted by Crippen LogP contribution is -2.17. The molecule has 0 saturated carbocycles. The van der Waals surface area contributed by atoms with Crippen LogP contribution in [0.5, 0.6) is 5.75 Å². The van der Waals surface area contributed by atoms with Crippen LogP contribution in [0.2, 0.25) is 0 Å². The smallest absolute Gasteiger partial charge is 0.348 e. The van der Waals surface area contributed by atoms with E-state index in [9.17, 15) is 4.79 Å². The summed E-state index contributed by atoms with van der Waals surface area (Å²) in [7, 11) is 1.57. The maximum Gasteiger partial charge on any atom is 0.348 e. The Balaban J connectivity index is 2.10. The first kappa shape index (κ1) is 11.5. The van der Waals surface area contributed by atoms with Gasteiger partial charge in [0.2, 0.25) is 11.6 Å². The molecule has 2 N–H and O–H groups in total. The van der Waals surface area contributed by atoms with Gasteiger partial charge in [-0.2, -0.15) is 4.52 Å².